The van der Waals surface area contributed by atoms with Crippen LogP contribution in [0, 0.1) is 0 Å². The van der Waals surface area contributed by atoms with Gasteiger partial charge in [0.1, 0.15) is 5.75 Å². The van der Waals surface area contributed by atoms with Crippen LogP contribution in [0.5, 0.6) is 5.75 Å². The van der Waals surface area contributed by atoms with Crippen LogP contribution in [0.4, 0.5) is 0 Å². The van der Waals surface area contributed by atoms with Gasteiger partial charge < -0.3 is 14.2 Å². The molecule has 0 aliphatic carbocycles. The zero-order valence-corrected chi connectivity index (χ0v) is 17.2. The molecule has 2 aromatic rings. The maximum atomic E-state index is 12.8. The SMILES string of the molecule is CCOC(=O)C1(C(=O)OCC)Cc2ccc(-c3ccccc3OC)nc2CN1C. The van der Waals surface area contributed by atoms with E-state index in [-0.39, 0.29) is 19.6 Å². The minimum atomic E-state index is -1.51. The Balaban J connectivity index is 2.03. The molecule has 1 aliphatic heterocycles. The Bertz CT molecular complexity index is 894. The maximum Gasteiger partial charge on any atom is 0.338 e. The van der Waals surface area contributed by atoms with Crippen molar-refractivity contribution in [3.05, 3.63) is 47.7 Å². The van der Waals surface area contributed by atoms with Gasteiger partial charge in [-0.3, -0.25) is 9.88 Å². The monoisotopic (exact) mass is 398 g/mol. The third-order valence-corrected chi connectivity index (χ3v) is 5.16. The van der Waals surface area contributed by atoms with Crippen molar-refractivity contribution in [1.82, 2.24) is 9.88 Å². The topological polar surface area (TPSA) is 78.0 Å². The second kappa shape index (κ2) is 8.61. The summed E-state index contributed by atoms with van der Waals surface area (Å²) < 4.78 is 15.9. The lowest BCUT2D eigenvalue weighted by Gasteiger charge is -2.40. The molecule has 3 rings (SSSR count). The number of hydrogen-bond donors (Lipinski definition) is 0. The van der Waals surface area contributed by atoms with E-state index in [0.29, 0.717) is 6.54 Å². The van der Waals surface area contributed by atoms with Crippen molar-refractivity contribution in [2.24, 2.45) is 0 Å². The van der Waals surface area contributed by atoms with Gasteiger partial charge in [-0.25, -0.2) is 9.59 Å². The first-order chi connectivity index (χ1) is 14.0. The Hall–Kier alpha value is -2.93. The van der Waals surface area contributed by atoms with E-state index < -0.39 is 17.5 Å². The fraction of sp³-hybridized carbons (Fsp3) is 0.409. The summed E-state index contributed by atoms with van der Waals surface area (Å²) in [5, 5.41) is 0. The van der Waals surface area contributed by atoms with E-state index >= 15 is 0 Å². The van der Waals surface area contributed by atoms with Crippen molar-refractivity contribution >= 4 is 11.9 Å². The molecule has 7 nitrogen and oxygen atoms in total. The summed E-state index contributed by atoms with van der Waals surface area (Å²) in [7, 11) is 3.34. The number of pyridine rings is 1. The van der Waals surface area contributed by atoms with Crippen molar-refractivity contribution in [2.75, 3.05) is 27.4 Å². The Morgan fingerprint density at radius 3 is 2.34 bits per heavy atom. The summed E-state index contributed by atoms with van der Waals surface area (Å²) in [5.74, 6) is -0.461. The van der Waals surface area contributed by atoms with Crippen molar-refractivity contribution in [2.45, 2.75) is 32.4 Å². The highest BCUT2D eigenvalue weighted by atomic mass is 16.6. The molecule has 0 atom stereocenters. The van der Waals surface area contributed by atoms with Gasteiger partial charge in [-0.2, -0.15) is 0 Å². The fourth-order valence-corrected chi connectivity index (χ4v) is 3.64. The molecular weight excluding hydrogens is 372 g/mol. The molecule has 1 aromatic carbocycles. The summed E-state index contributed by atoms with van der Waals surface area (Å²) in [6.07, 6.45) is 0.149. The Morgan fingerprint density at radius 2 is 1.72 bits per heavy atom. The normalized spacial score (nSPS) is 15.3. The number of rotatable bonds is 6. The first kappa shape index (κ1) is 20.8. The molecule has 0 spiro atoms. The molecule has 29 heavy (non-hydrogen) atoms. The number of carbonyl (C=O) groups excluding carboxylic acids is 2. The molecule has 154 valence electrons. The number of nitrogens with zero attached hydrogens (tertiary/aromatic N) is 2. The Labute approximate surface area is 170 Å². The number of para-hydroxylation sites is 1. The van der Waals surface area contributed by atoms with Gasteiger partial charge in [-0.15, -0.1) is 0 Å². The molecule has 0 radical (unpaired) electrons. The predicted molar refractivity (Wildman–Crippen MR) is 107 cm³/mol. The Kier molecular flexibility index (Phi) is 6.17. The van der Waals surface area contributed by atoms with E-state index in [0.717, 1.165) is 28.3 Å². The van der Waals surface area contributed by atoms with Crippen LogP contribution in [0.1, 0.15) is 25.1 Å². The fourth-order valence-electron chi connectivity index (χ4n) is 3.64. The van der Waals surface area contributed by atoms with E-state index in [1.807, 2.05) is 36.4 Å². The standard InChI is InChI=1S/C22H26N2O5/c1-5-28-20(25)22(21(26)29-6-2)13-15-11-12-17(23-18(15)14-24(22)3)16-9-7-8-10-19(16)27-4/h7-12H,5-6,13-14H2,1-4H3. The highest BCUT2D eigenvalue weighted by Gasteiger charge is 2.55. The van der Waals surface area contributed by atoms with Crippen LogP contribution in [-0.4, -0.2) is 54.7 Å². The van der Waals surface area contributed by atoms with E-state index in [1.165, 1.54) is 0 Å². The third-order valence-electron chi connectivity index (χ3n) is 5.16. The van der Waals surface area contributed by atoms with Crippen molar-refractivity contribution < 1.29 is 23.8 Å². The molecular formula is C22H26N2O5. The number of likely N-dealkylation sites (N-methyl/N-ethyl adjacent to an activating group) is 1. The number of benzene rings is 1. The van der Waals surface area contributed by atoms with Crippen LogP contribution in [-0.2, 0) is 32.0 Å². The number of fused-ring (bicyclic) bond motifs is 1. The second-order valence-electron chi connectivity index (χ2n) is 6.84. The molecule has 1 aliphatic rings. The maximum absolute atomic E-state index is 12.8. The largest absolute Gasteiger partial charge is 0.496 e. The molecule has 0 amide bonds. The van der Waals surface area contributed by atoms with Gasteiger partial charge in [0.15, 0.2) is 0 Å². The number of esters is 2. The zero-order valence-electron chi connectivity index (χ0n) is 17.2. The Morgan fingerprint density at radius 1 is 1.07 bits per heavy atom. The van der Waals surface area contributed by atoms with Crippen LogP contribution in [0.3, 0.4) is 0 Å². The van der Waals surface area contributed by atoms with Gasteiger partial charge in [0.2, 0.25) is 5.54 Å². The minimum Gasteiger partial charge on any atom is -0.496 e. The van der Waals surface area contributed by atoms with E-state index in [4.69, 9.17) is 19.2 Å². The molecule has 0 saturated carbocycles. The number of carbonyl (C=O) groups is 2. The minimum absolute atomic E-state index is 0.149. The molecule has 0 saturated heterocycles. The van der Waals surface area contributed by atoms with Gasteiger partial charge in [0.05, 0.1) is 31.7 Å². The molecule has 0 N–H and O–H groups in total. The number of methoxy groups -OCH3 is 1. The average Bonchev–Trinajstić information content (AvgIpc) is 2.73. The molecule has 2 heterocycles. The number of aromatic nitrogens is 1. The number of ether oxygens (including phenoxy) is 3. The lowest BCUT2D eigenvalue weighted by atomic mass is 9.84. The second-order valence-corrected chi connectivity index (χ2v) is 6.84. The summed E-state index contributed by atoms with van der Waals surface area (Å²) in [4.78, 5) is 32.1. The molecule has 7 heteroatoms. The van der Waals surface area contributed by atoms with E-state index in [1.54, 1.807) is 32.9 Å². The lowest BCUT2D eigenvalue weighted by Crippen LogP contribution is -2.63. The van der Waals surface area contributed by atoms with Gasteiger partial charge in [-0.1, -0.05) is 18.2 Å². The van der Waals surface area contributed by atoms with E-state index in [2.05, 4.69) is 0 Å². The van der Waals surface area contributed by atoms with Crippen molar-refractivity contribution in [3.8, 4) is 17.0 Å². The highest BCUT2D eigenvalue weighted by Crippen LogP contribution is 2.35. The summed E-state index contributed by atoms with van der Waals surface area (Å²) in [5.41, 5.74) is 1.78. The number of hydrogen-bond acceptors (Lipinski definition) is 7. The first-order valence-electron chi connectivity index (χ1n) is 9.65. The zero-order chi connectivity index (χ0) is 21.0. The van der Waals surface area contributed by atoms with Crippen LogP contribution < -0.4 is 4.74 Å². The van der Waals surface area contributed by atoms with Crippen molar-refractivity contribution in [1.29, 1.82) is 0 Å². The van der Waals surface area contributed by atoms with Crippen LogP contribution in [0.25, 0.3) is 11.3 Å². The van der Waals surface area contributed by atoms with Crippen LogP contribution in [0.2, 0.25) is 0 Å². The lowest BCUT2D eigenvalue weighted by molar-refractivity contribution is -0.175. The molecule has 1 aromatic heterocycles. The van der Waals surface area contributed by atoms with Crippen LogP contribution >= 0.6 is 0 Å². The summed E-state index contributed by atoms with van der Waals surface area (Å²) in [6, 6.07) is 11.4. The third kappa shape index (κ3) is 3.70. The average molecular weight is 398 g/mol. The first-order valence-corrected chi connectivity index (χ1v) is 9.65. The van der Waals surface area contributed by atoms with Gasteiger partial charge in [0.25, 0.3) is 0 Å². The van der Waals surface area contributed by atoms with Crippen LogP contribution in [0.15, 0.2) is 36.4 Å². The van der Waals surface area contributed by atoms with Gasteiger partial charge in [-0.05, 0) is 44.7 Å². The van der Waals surface area contributed by atoms with Gasteiger partial charge >= 0.3 is 11.9 Å². The van der Waals surface area contributed by atoms with Gasteiger partial charge in [0, 0.05) is 18.5 Å². The molecule has 0 unspecified atom stereocenters. The van der Waals surface area contributed by atoms with E-state index in [9.17, 15) is 9.59 Å². The molecule has 0 fully saturated rings. The van der Waals surface area contributed by atoms with Crippen molar-refractivity contribution in [3.63, 3.8) is 0 Å². The molecule has 0 bridgehead atoms. The predicted octanol–water partition coefficient (Wildman–Crippen LogP) is 2.61. The highest BCUT2D eigenvalue weighted by molar-refractivity contribution is 6.05. The smallest absolute Gasteiger partial charge is 0.338 e. The summed E-state index contributed by atoms with van der Waals surface area (Å²) >= 11 is 0. The summed E-state index contributed by atoms with van der Waals surface area (Å²) in [6.45, 7) is 4.12. The quantitative estimate of drug-likeness (QED) is 0.547.